The molecule has 5 heteroatoms. The molecule has 106 valence electrons. The van der Waals surface area contributed by atoms with Crippen LogP contribution in [0.2, 0.25) is 0 Å². The highest BCUT2D eigenvalue weighted by Crippen LogP contribution is 2.23. The van der Waals surface area contributed by atoms with Crippen LogP contribution in [-0.2, 0) is 20.9 Å². The summed E-state index contributed by atoms with van der Waals surface area (Å²) in [6.07, 6.45) is 7.26. The normalized spacial score (nSPS) is 13.9. The zero-order chi connectivity index (χ0) is 14.4. The van der Waals surface area contributed by atoms with Crippen molar-refractivity contribution >= 4 is 11.9 Å². The first-order valence-electron chi connectivity index (χ1n) is 6.58. The highest BCUT2D eigenvalue weighted by Gasteiger charge is 2.10. The number of hydrogen-bond donors (Lipinski definition) is 0. The number of methoxy groups -OCH3 is 1. The van der Waals surface area contributed by atoms with Gasteiger partial charge in [0.25, 0.3) is 0 Å². The van der Waals surface area contributed by atoms with Crippen LogP contribution in [0.1, 0.15) is 41.7 Å². The molecule has 1 aliphatic carbocycles. The standard InChI is InChI=1S/C15H17NO4/c1-19-15(18)12-6-7-13(16-9-12)10-20-14(17)8-11-4-2-3-5-11/h6-9H,2-5,10H2,1H3. The molecule has 0 saturated heterocycles. The van der Waals surface area contributed by atoms with Crippen LogP contribution < -0.4 is 0 Å². The molecule has 0 bridgehead atoms. The first-order chi connectivity index (χ1) is 9.69. The van der Waals surface area contributed by atoms with Gasteiger partial charge < -0.3 is 9.47 Å². The first kappa shape index (κ1) is 14.2. The second kappa shape index (κ2) is 6.84. The summed E-state index contributed by atoms with van der Waals surface area (Å²) in [6, 6.07) is 3.24. The molecule has 0 spiro atoms. The molecule has 0 aliphatic heterocycles. The summed E-state index contributed by atoms with van der Waals surface area (Å²) < 4.78 is 9.70. The molecule has 20 heavy (non-hydrogen) atoms. The van der Waals surface area contributed by atoms with Gasteiger partial charge in [-0.05, 0) is 37.8 Å². The Balaban J connectivity index is 1.86. The van der Waals surface area contributed by atoms with Gasteiger partial charge >= 0.3 is 11.9 Å². The average Bonchev–Trinajstić information content (AvgIpc) is 2.97. The van der Waals surface area contributed by atoms with Crippen molar-refractivity contribution in [2.75, 3.05) is 7.11 Å². The van der Waals surface area contributed by atoms with Crippen molar-refractivity contribution in [2.45, 2.75) is 32.3 Å². The van der Waals surface area contributed by atoms with Crippen molar-refractivity contribution in [3.8, 4) is 0 Å². The van der Waals surface area contributed by atoms with Crippen LogP contribution in [0.3, 0.4) is 0 Å². The lowest BCUT2D eigenvalue weighted by molar-refractivity contribution is -0.139. The number of rotatable bonds is 4. The highest BCUT2D eigenvalue weighted by atomic mass is 16.5. The Morgan fingerprint density at radius 1 is 1.30 bits per heavy atom. The molecule has 0 atom stereocenters. The van der Waals surface area contributed by atoms with Gasteiger partial charge in [0, 0.05) is 12.3 Å². The van der Waals surface area contributed by atoms with E-state index in [1.807, 2.05) is 0 Å². The summed E-state index contributed by atoms with van der Waals surface area (Å²) >= 11 is 0. The van der Waals surface area contributed by atoms with E-state index < -0.39 is 5.97 Å². The quantitative estimate of drug-likeness (QED) is 0.623. The van der Waals surface area contributed by atoms with E-state index in [9.17, 15) is 9.59 Å². The Labute approximate surface area is 117 Å². The maximum Gasteiger partial charge on any atom is 0.339 e. The van der Waals surface area contributed by atoms with Crippen LogP contribution in [0.25, 0.3) is 0 Å². The Kier molecular flexibility index (Phi) is 4.87. The molecule has 0 amide bonds. The van der Waals surface area contributed by atoms with Gasteiger partial charge in [0.2, 0.25) is 0 Å². The van der Waals surface area contributed by atoms with Gasteiger partial charge in [-0.15, -0.1) is 0 Å². The summed E-state index contributed by atoms with van der Waals surface area (Å²) in [6.45, 7) is 0.101. The van der Waals surface area contributed by atoms with E-state index in [2.05, 4.69) is 9.72 Å². The molecule has 0 radical (unpaired) electrons. The molecule has 0 N–H and O–H groups in total. The second-order valence-electron chi connectivity index (χ2n) is 4.65. The summed E-state index contributed by atoms with van der Waals surface area (Å²) in [4.78, 5) is 26.9. The van der Waals surface area contributed by atoms with Crippen molar-refractivity contribution in [1.29, 1.82) is 0 Å². The lowest BCUT2D eigenvalue weighted by Crippen LogP contribution is -2.05. The average molecular weight is 275 g/mol. The number of aromatic nitrogens is 1. The number of esters is 2. The topological polar surface area (TPSA) is 65.5 Å². The van der Waals surface area contributed by atoms with Crippen molar-refractivity contribution < 1.29 is 19.1 Å². The van der Waals surface area contributed by atoms with E-state index in [1.165, 1.54) is 13.3 Å². The molecule has 1 heterocycles. The number of carbonyl (C=O) groups is 2. The van der Waals surface area contributed by atoms with E-state index in [-0.39, 0.29) is 12.6 Å². The van der Waals surface area contributed by atoms with E-state index in [4.69, 9.17) is 4.74 Å². The third-order valence-electron chi connectivity index (χ3n) is 3.18. The van der Waals surface area contributed by atoms with Gasteiger partial charge in [-0.3, -0.25) is 4.98 Å². The molecule has 5 nitrogen and oxygen atoms in total. The SMILES string of the molecule is COC(=O)c1ccc(COC(=O)C=C2CCCC2)nc1. The van der Waals surface area contributed by atoms with Crippen molar-refractivity contribution in [2.24, 2.45) is 0 Å². The Morgan fingerprint density at radius 2 is 2.05 bits per heavy atom. The summed E-state index contributed by atoms with van der Waals surface area (Å²) in [5, 5.41) is 0. The summed E-state index contributed by atoms with van der Waals surface area (Å²) in [5.41, 5.74) is 2.12. The van der Waals surface area contributed by atoms with Gasteiger partial charge in [0.05, 0.1) is 18.4 Å². The molecule has 1 fully saturated rings. The van der Waals surface area contributed by atoms with Crippen molar-refractivity contribution in [3.63, 3.8) is 0 Å². The molecular formula is C15H17NO4. The molecule has 0 aromatic carbocycles. The number of nitrogens with zero attached hydrogens (tertiary/aromatic N) is 1. The monoisotopic (exact) mass is 275 g/mol. The fourth-order valence-corrected chi connectivity index (χ4v) is 2.08. The lowest BCUT2D eigenvalue weighted by Gasteiger charge is -2.03. The zero-order valence-electron chi connectivity index (χ0n) is 11.4. The van der Waals surface area contributed by atoms with Crippen LogP contribution in [-0.4, -0.2) is 24.0 Å². The van der Waals surface area contributed by atoms with Gasteiger partial charge in [0.15, 0.2) is 0 Å². The number of pyridine rings is 1. The largest absolute Gasteiger partial charge is 0.465 e. The third kappa shape index (κ3) is 3.91. The number of ether oxygens (including phenoxy) is 2. The summed E-state index contributed by atoms with van der Waals surface area (Å²) in [5.74, 6) is -0.771. The Morgan fingerprint density at radius 3 is 2.65 bits per heavy atom. The fourth-order valence-electron chi connectivity index (χ4n) is 2.08. The van der Waals surface area contributed by atoms with Gasteiger partial charge in [-0.1, -0.05) is 5.57 Å². The van der Waals surface area contributed by atoms with Gasteiger partial charge in [-0.25, -0.2) is 9.59 Å². The number of carbonyl (C=O) groups excluding carboxylic acids is 2. The minimum absolute atomic E-state index is 0.101. The van der Waals surface area contributed by atoms with Crippen LogP contribution in [0.4, 0.5) is 0 Å². The molecule has 1 aromatic heterocycles. The number of allylic oxidation sites excluding steroid dienone is 1. The van der Waals surface area contributed by atoms with Gasteiger partial charge in [0.1, 0.15) is 6.61 Å². The zero-order valence-corrected chi connectivity index (χ0v) is 11.4. The van der Waals surface area contributed by atoms with Crippen molar-refractivity contribution in [3.05, 3.63) is 41.2 Å². The summed E-state index contributed by atoms with van der Waals surface area (Å²) in [7, 11) is 1.31. The van der Waals surface area contributed by atoms with Crippen LogP contribution in [0, 0.1) is 0 Å². The van der Waals surface area contributed by atoms with Crippen LogP contribution in [0.15, 0.2) is 30.0 Å². The molecule has 0 unspecified atom stereocenters. The molecule has 1 saturated carbocycles. The van der Waals surface area contributed by atoms with Gasteiger partial charge in [-0.2, -0.15) is 0 Å². The second-order valence-corrected chi connectivity index (χ2v) is 4.65. The maximum atomic E-state index is 11.6. The minimum Gasteiger partial charge on any atom is -0.465 e. The Hall–Kier alpha value is -2.17. The molecular weight excluding hydrogens is 258 g/mol. The predicted molar refractivity (Wildman–Crippen MR) is 71.9 cm³/mol. The lowest BCUT2D eigenvalue weighted by atomic mass is 10.2. The fraction of sp³-hybridized carbons (Fsp3) is 0.400. The van der Waals surface area contributed by atoms with Crippen LogP contribution >= 0.6 is 0 Å². The molecule has 1 aliphatic rings. The van der Waals surface area contributed by atoms with E-state index in [0.717, 1.165) is 31.3 Å². The third-order valence-corrected chi connectivity index (χ3v) is 3.18. The van der Waals surface area contributed by atoms with Crippen LogP contribution in [0.5, 0.6) is 0 Å². The predicted octanol–water partition coefficient (Wildman–Crippen LogP) is 2.41. The molecule has 1 aromatic rings. The molecule has 2 rings (SSSR count). The first-order valence-corrected chi connectivity index (χ1v) is 6.58. The highest BCUT2D eigenvalue weighted by molar-refractivity contribution is 5.88. The maximum absolute atomic E-state index is 11.6. The number of hydrogen-bond acceptors (Lipinski definition) is 5. The van der Waals surface area contributed by atoms with E-state index >= 15 is 0 Å². The minimum atomic E-state index is -0.438. The van der Waals surface area contributed by atoms with E-state index in [0.29, 0.717) is 11.3 Å². The Bertz CT molecular complexity index is 511. The van der Waals surface area contributed by atoms with E-state index in [1.54, 1.807) is 18.2 Å². The van der Waals surface area contributed by atoms with Crippen molar-refractivity contribution in [1.82, 2.24) is 4.98 Å². The smallest absolute Gasteiger partial charge is 0.339 e.